The molecule has 2 saturated heterocycles. The Balaban J connectivity index is 2.15. The van der Waals surface area contributed by atoms with E-state index in [4.69, 9.17) is 0 Å². The van der Waals surface area contributed by atoms with E-state index >= 15 is 0 Å². The molecular weight excluding hydrogens is 154 g/mol. The molecule has 0 amide bonds. The zero-order valence-corrected chi connectivity index (χ0v) is 6.50. The lowest BCUT2D eigenvalue weighted by Gasteiger charge is -2.16. The molecule has 0 saturated carbocycles. The molecule has 2 aliphatic heterocycles. The predicted octanol–water partition coefficient (Wildman–Crippen LogP) is 1.29. The quantitative estimate of drug-likeness (QED) is 0.499. The highest BCUT2D eigenvalue weighted by atomic mass is 32.2. The number of carbonyl (C=O) groups is 1. The maximum absolute atomic E-state index is 11.0. The third kappa shape index (κ3) is 0.993. The summed E-state index contributed by atoms with van der Waals surface area (Å²) in [4.78, 5) is 11.0. The molecule has 2 heterocycles. The predicted molar refractivity (Wildman–Crippen MR) is 39.9 cm³/mol. The van der Waals surface area contributed by atoms with Crippen molar-refractivity contribution in [3.8, 4) is 0 Å². The Kier molecular flexibility index (Phi) is 1.47. The van der Waals surface area contributed by atoms with E-state index in [9.17, 15) is 4.79 Å². The second-order valence-electron chi connectivity index (χ2n) is 2.20. The maximum Gasteiger partial charge on any atom is 0.219 e. The van der Waals surface area contributed by atoms with Crippen LogP contribution in [0.3, 0.4) is 0 Å². The lowest BCUT2D eigenvalue weighted by atomic mass is 10.2. The lowest BCUT2D eigenvalue weighted by Crippen LogP contribution is -2.14. The van der Waals surface area contributed by atoms with Crippen LogP contribution in [-0.4, -0.2) is 20.6 Å². The Hall–Kier alpha value is 0.330. The monoisotopic (exact) mass is 161 g/mol. The molecular formula is C5H7NOS2. The van der Waals surface area contributed by atoms with Gasteiger partial charge in [-0.05, 0) is 12.8 Å². The first-order valence-corrected chi connectivity index (χ1v) is 4.63. The number of rotatable bonds is 0. The SMILES string of the molecule is O=C1SN2CCCC1S2. The van der Waals surface area contributed by atoms with Gasteiger partial charge >= 0.3 is 0 Å². The van der Waals surface area contributed by atoms with Gasteiger partial charge in [-0.25, -0.2) is 0 Å². The van der Waals surface area contributed by atoms with Crippen LogP contribution < -0.4 is 0 Å². The van der Waals surface area contributed by atoms with Crippen LogP contribution in [-0.2, 0) is 4.79 Å². The molecule has 0 aromatic heterocycles. The van der Waals surface area contributed by atoms with Crippen molar-refractivity contribution < 1.29 is 4.79 Å². The first kappa shape index (κ1) is 6.07. The summed E-state index contributed by atoms with van der Waals surface area (Å²) in [6, 6.07) is 0. The van der Waals surface area contributed by atoms with Crippen molar-refractivity contribution >= 4 is 29.0 Å². The minimum atomic E-state index is 0.295. The molecule has 2 fully saturated rings. The molecule has 0 spiro atoms. The minimum absolute atomic E-state index is 0.295. The number of hydrogen-bond donors (Lipinski definition) is 0. The molecule has 2 atom stereocenters. The highest BCUT2D eigenvalue weighted by molar-refractivity contribution is 8.25. The molecule has 2 unspecified atom stereocenters. The van der Waals surface area contributed by atoms with E-state index < -0.39 is 0 Å². The molecule has 50 valence electrons. The summed E-state index contributed by atoms with van der Waals surface area (Å²) in [6.07, 6.45) is 2.28. The summed E-state index contributed by atoms with van der Waals surface area (Å²) in [7, 11) is 0. The zero-order chi connectivity index (χ0) is 6.27. The van der Waals surface area contributed by atoms with E-state index in [1.807, 2.05) is 0 Å². The van der Waals surface area contributed by atoms with Crippen molar-refractivity contribution in [2.75, 3.05) is 6.54 Å². The van der Waals surface area contributed by atoms with Crippen LogP contribution in [0.25, 0.3) is 0 Å². The van der Waals surface area contributed by atoms with Gasteiger partial charge in [0.15, 0.2) is 0 Å². The minimum Gasteiger partial charge on any atom is -0.284 e. The average molecular weight is 161 g/mol. The average Bonchev–Trinajstić information content (AvgIpc) is 2.09. The van der Waals surface area contributed by atoms with Gasteiger partial charge in [0.2, 0.25) is 5.12 Å². The molecule has 0 N–H and O–H groups in total. The Bertz CT molecular complexity index is 150. The van der Waals surface area contributed by atoms with Gasteiger partial charge in [-0.1, -0.05) is 11.9 Å². The number of hydrogen-bond acceptors (Lipinski definition) is 4. The van der Waals surface area contributed by atoms with Crippen LogP contribution in [0.1, 0.15) is 12.8 Å². The Morgan fingerprint density at radius 2 is 2.56 bits per heavy atom. The van der Waals surface area contributed by atoms with Crippen molar-refractivity contribution in [3.63, 3.8) is 0 Å². The summed E-state index contributed by atoms with van der Waals surface area (Å²) in [6.45, 7) is 1.08. The van der Waals surface area contributed by atoms with Crippen molar-refractivity contribution in [1.29, 1.82) is 0 Å². The van der Waals surface area contributed by atoms with Crippen LogP contribution >= 0.6 is 23.9 Å². The van der Waals surface area contributed by atoms with E-state index in [2.05, 4.69) is 3.71 Å². The van der Waals surface area contributed by atoms with Gasteiger partial charge < -0.3 is 0 Å². The van der Waals surface area contributed by atoms with E-state index in [1.165, 1.54) is 18.4 Å². The summed E-state index contributed by atoms with van der Waals surface area (Å²) in [5.74, 6) is 0. The van der Waals surface area contributed by atoms with Crippen LogP contribution in [0.4, 0.5) is 0 Å². The standard InChI is InChI=1S/C5H7NOS2/c7-5-4-2-1-3-6(8-4)9-5/h4H,1-3H2. The molecule has 2 aliphatic rings. The van der Waals surface area contributed by atoms with Gasteiger partial charge in [0.1, 0.15) is 0 Å². The molecule has 2 nitrogen and oxygen atoms in total. The normalized spacial score (nSPS) is 41.6. The highest BCUT2D eigenvalue weighted by Gasteiger charge is 2.35. The van der Waals surface area contributed by atoms with Crippen molar-refractivity contribution in [2.24, 2.45) is 0 Å². The molecule has 2 rings (SSSR count). The third-order valence-electron chi connectivity index (χ3n) is 1.51. The van der Waals surface area contributed by atoms with Crippen molar-refractivity contribution in [1.82, 2.24) is 3.71 Å². The van der Waals surface area contributed by atoms with Crippen LogP contribution in [0, 0.1) is 0 Å². The topological polar surface area (TPSA) is 20.3 Å². The van der Waals surface area contributed by atoms with E-state index in [-0.39, 0.29) is 0 Å². The molecule has 9 heavy (non-hydrogen) atoms. The summed E-state index contributed by atoms with van der Waals surface area (Å²) in [5.41, 5.74) is 0. The Labute approximate surface area is 62.6 Å². The van der Waals surface area contributed by atoms with Crippen LogP contribution in [0.5, 0.6) is 0 Å². The first-order valence-electron chi connectivity index (χ1n) is 3.02. The molecule has 0 aliphatic carbocycles. The maximum atomic E-state index is 11.0. The summed E-state index contributed by atoms with van der Waals surface area (Å²) in [5, 5.41) is 0.654. The van der Waals surface area contributed by atoms with Gasteiger partial charge in [-0.15, -0.1) is 0 Å². The van der Waals surface area contributed by atoms with Gasteiger partial charge in [0.25, 0.3) is 0 Å². The zero-order valence-electron chi connectivity index (χ0n) is 4.87. The number of carbonyl (C=O) groups excluding carboxylic acids is 1. The third-order valence-corrected chi connectivity index (χ3v) is 4.11. The number of nitrogens with zero attached hydrogens (tertiary/aromatic N) is 1. The van der Waals surface area contributed by atoms with E-state index in [0.717, 1.165) is 13.0 Å². The number of fused-ring (bicyclic) bond motifs is 2. The second kappa shape index (κ2) is 2.18. The van der Waals surface area contributed by atoms with Gasteiger partial charge in [-0.2, -0.15) is 3.71 Å². The summed E-state index contributed by atoms with van der Waals surface area (Å²) >= 11 is 3.10. The van der Waals surface area contributed by atoms with Gasteiger partial charge in [0, 0.05) is 18.5 Å². The van der Waals surface area contributed by atoms with Crippen LogP contribution in [0.15, 0.2) is 0 Å². The highest BCUT2D eigenvalue weighted by Crippen LogP contribution is 2.43. The summed E-state index contributed by atoms with van der Waals surface area (Å²) < 4.78 is 2.09. The first-order chi connectivity index (χ1) is 4.36. The van der Waals surface area contributed by atoms with Gasteiger partial charge in [0.05, 0.1) is 5.25 Å². The molecule has 0 radical (unpaired) electrons. The van der Waals surface area contributed by atoms with E-state index in [1.54, 1.807) is 11.9 Å². The van der Waals surface area contributed by atoms with Crippen molar-refractivity contribution in [2.45, 2.75) is 18.1 Å². The molecule has 2 bridgehead atoms. The smallest absolute Gasteiger partial charge is 0.219 e. The van der Waals surface area contributed by atoms with Crippen molar-refractivity contribution in [3.05, 3.63) is 0 Å². The van der Waals surface area contributed by atoms with Gasteiger partial charge in [-0.3, -0.25) is 4.79 Å². The Morgan fingerprint density at radius 3 is 3.22 bits per heavy atom. The van der Waals surface area contributed by atoms with Crippen LogP contribution in [0.2, 0.25) is 0 Å². The fourth-order valence-electron chi connectivity index (χ4n) is 1.04. The van der Waals surface area contributed by atoms with E-state index in [0.29, 0.717) is 10.4 Å². The Morgan fingerprint density at radius 1 is 1.67 bits per heavy atom. The molecule has 0 aromatic rings. The fraction of sp³-hybridized carbons (Fsp3) is 0.800. The fourth-order valence-corrected chi connectivity index (χ4v) is 3.54. The second-order valence-corrected chi connectivity index (χ2v) is 4.68. The molecule has 0 aromatic carbocycles. The molecule has 4 heteroatoms. The largest absolute Gasteiger partial charge is 0.284 e. The lowest BCUT2D eigenvalue weighted by molar-refractivity contribution is -0.110.